The second kappa shape index (κ2) is 19.7. The molecule has 0 N–H and O–H groups in total. The fourth-order valence-electron chi connectivity index (χ4n) is 4.84. The van der Waals surface area contributed by atoms with E-state index in [1.807, 2.05) is 75.4 Å². The van der Waals surface area contributed by atoms with E-state index in [0.29, 0.717) is 30.6 Å². The number of nitrogens with zero attached hydrogens (tertiary/aromatic N) is 6. The third-order valence-corrected chi connectivity index (χ3v) is 9.77. The average Bonchev–Trinajstić information content (AvgIpc) is 3.66. The highest BCUT2D eigenvalue weighted by Gasteiger charge is 2.12. The molecule has 1 unspecified atom stereocenters. The number of carbonyl (C=O) groups is 2. The summed E-state index contributed by atoms with van der Waals surface area (Å²) in [5, 5.41) is 18.7. The molecular weight excluding hydrogens is 645 g/mol. The fraction of sp³-hybridized carbons (Fsp3) is 0.472. The SMILES string of the molecule is CCC(C)C(=O)OCCCCCCCCCCOc1ccc(N=Nc2cc3sc(N=Nc4ccc(N(CC)C(C)=O)cc4)nc3s2)cc1. The van der Waals surface area contributed by atoms with E-state index in [9.17, 15) is 9.59 Å². The zero-order valence-corrected chi connectivity index (χ0v) is 30.0. The van der Waals surface area contributed by atoms with Crippen molar-refractivity contribution in [3.63, 3.8) is 0 Å². The summed E-state index contributed by atoms with van der Waals surface area (Å²) in [6.45, 7) is 9.28. The summed E-state index contributed by atoms with van der Waals surface area (Å²) in [7, 11) is 0. The average molecular weight is 691 g/mol. The third kappa shape index (κ3) is 11.9. The van der Waals surface area contributed by atoms with Crippen molar-refractivity contribution in [1.82, 2.24) is 4.98 Å². The van der Waals surface area contributed by atoms with Crippen LogP contribution in [-0.4, -0.2) is 36.6 Å². The van der Waals surface area contributed by atoms with Crippen LogP contribution in [0.4, 0.5) is 27.2 Å². The zero-order chi connectivity index (χ0) is 34.1. The van der Waals surface area contributed by atoms with E-state index in [1.54, 1.807) is 11.8 Å². The fourth-order valence-corrected chi connectivity index (χ4v) is 6.69. The first kappa shape index (κ1) is 36.8. The smallest absolute Gasteiger partial charge is 0.308 e. The molecular formula is C36H46N6O4S2. The summed E-state index contributed by atoms with van der Waals surface area (Å²) in [5.74, 6) is 0.775. The molecule has 0 aliphatic heterocycles. The first-order valence-electron chi connectivity index (χ1n) is 16.9. The number of esters is 1. The Labute approximate surface area is 291 Å². The summed E-state index contributed by atoms with van der Waals surface area (Å²) < 4.78 is 12.2. The molecule has 1 amide bonds. The highest BCUT2D eigenvalue weighted by Crippen LogP contribution is 2.39. The number of thiophene rings is 1. The molecule has 10 nitrogen and oxygen atoms in total. The molecule has 0 radical (unpaired) electrons. The second-order valence-corrected chi connectivity index (χ2v) is 13.6. The van der Waals surface area contributed by atoms with Crippen LogP contribution in [0.2, 0.25) is 0 Å². The Morgan fingerprint density at radius 3 is 2.00 bits per heavy atom. The van der Waals surface area contributed by atoms with Crippen LogP contribution in [-0.2, 0) is 14.3 Å². The van der Waals surface area contributed by atoms with Gasteiger partial charge in [0.15, 0.2) is 0 Å². The van der Waals surface area contributed by atoms with Gasteiger partial charge in [0.25, 0.3) is 0 Å². The Hall–Kier alpha value is -4.03. The van der Waals surface area contributed by atoms with Crippen LogP contribution in [0.15, 0.2) is 75.1 Å². The summed E-state index contributed by atoms with van der Waals surface area (Å²) in [6, 6.07) is 17.0. The highest BCUT2D eigenvalue weighted by molar-refractivity contribution is 7.30. The van der Waals surface area contributed by atoms with Crippen molar-refractivity contribution in [3.05, 3.63) is 54.6 Å². The maximum absolute atomic E-state index is 11.7. The Balaban J connectivity index is 1.10. The minimum Gasteiger partial charge on any atom is -0.494 e. The van der Waals surface area contributed by atoms with Crippen molar-refractivity contribution in [1.29, 1.82) is 0 Å². The maximum Gasteiger partial charge on any atom is 0.308 e. The maximum atomic E-state index is 11.7. The molecule has 0 saturated heterocycles. The molecule has 0 aliphatic rings. The van der Waals surface area contributed by atoms with Crippen molar-refractivity contribution in [2.45, 2.75) is 85.5 Å². The number of hydrogen-bond acceptors (Lipinski definition) is 11. The lowest BCUT2D eigenvalue weighted by atomic mass is 10.1. The summed E-state index contributed by atoms with van der Waals surface area (Å²) >= 11 is 2.91. The first-order valence-corrected chi connectivity index (χ1v) is 18.5. The topological polar surface area (TPSA) is 118 Å². The molecule has 4 aromatic rings. The van der Waals surface area contributed by atoms with E-state index in [0.717, 1.165) is 63.8 Å². The quantitative estimate of drug-likeness (QED) is 0.0519. The van der Waals surface area contributed by atoms with Gasteiger partial charge < -0.3 is 14.4 Å². The number of azo groups is 2. The van der Waals surface area contributed by atoms with Crippen LogP contribution in [0, 0.1) is 5.92 Å². The van der Waals surface area contributed by atoms with Crippen molar-refractivity contribution >= 4 is 71.3 Å². The Kier molecular flexibility index (Phi) is 15.1. The predicted molar refractivity (Wildman–Crippen MR) is 195 cm³/mol. The standard InChI is InChI=1S/C36H46N6O4S2/c1-5-26(3)35(44)46-24-14-12-10-8-7-9-11-13-23-45-31-21-17-29(18-22-31)38-40-33-25-32-34(48-33)37-36(47-32)41-39-28-15-19-30(20-16-28)42(6-2)27(4)43/h15-22,25-26H,5-14,23-24H2,1-4H3. The number of fused-ring (bicyclic) bond motifs is 1. The number of ether oxygens (including phenoxy) is 2. The molecule has 48 heavy (non-hydrogen) atoms. The van der Waals surface area contributed by atoms with Gasteiger partial charge in [0.05, 0.1) is 35.2 Å². The Morgan fingerprint density at radius 2 is 1.40 bits per heavy atom. The van der Waals surface area contributed by atoms with E-state index >= 15 is 0 Å². The van der Waals surface area contributed by atoms with Gasteiger partial charge in [-0.3, -0.25) is 9.59 Å². The largest absolute Gasteiger partial charge is 0.494 e. The molecule has 2 aromatic carbocycles. The number of carbonyl (C=O) groups excluding carboxylic acids is 2. The lowest BCUT2D eigenvalue weighted by molar-refractivity contribution is -0.148. The van der Waals surface area contributed by atoms with E-state index in [4.69, 9.17) is 9.47 Å². The number of unbranched alkanes of at least 4 members (excludes halogenated alkanes) is 7. The number of anilines is 1. The van der Waals surface area contributed by atoms with Gasteiger partial charge in [0, 0.05) is 19.2 Å². The van der Waals surface area contributed by atoms with Crippen LogP contribution in [0.1, 0.15) is 85.5 Å². The number of aromatic nitrogens is 1. The van der Waals surface area contributed by atoms with Crippen LogP contribution >= 0.6 is 22.7 Å². The van der Waals surface area contributed by atoms with E-state index in [1.165, 1.54) is 48.4 Å². The minimum absolute atomic E-state index is 0.00357. The number of thiazole rings is 1. The monoisotopic (exact) mass is 690 g/mol. The molecule has 0 aliphatic carbocycles. The van der Waals surface area contributed by atoms with Gasteiger partial charge in [-0.2, -0.15) is 0 Å². The molecule has 1 atom stereocenters. The molecule has 0 fully saturated rings. The minimum atomic E-state index is -0.0682. The summed E-state index contributed by atoms with van der Waals surface area (Å²) in [5.41, 5.74) is 2.28. The van der Waals surface area contributed by atoms with E-state index < -0.39 is 0 Å². The van der Waals surface area contributed by atoms with Crippen molar-refractivity contribution in [2.24, 2.45) is 26.4 Å². The third-order valence-electron chi connectivity index (χ3n) is 7.84. The van der Waals surface area contributed by atoms with Crippen LogP contribution in [0.3, 0.4) is 0 Å². The predicted octanol–water partition coefficient (Wildman–Crippen LogP) is 11.7. The van der Waals surface area contributed by atoms with Crippen LogP contribution in [0.25, 0.3) is 9.53 Å². The molecule has 0 bridgehead atoms. The zero-order valence-electron chi connectivity index (χ0n) is 28.4. The molecule has 0 saturated carbocycles. The van der Waals surface area contributed by atoms with Gasteiger partial charge in [-0.05, 0) is 80.8 Å². The van der Waals surface area contributed by atoms with Crippen molar-refractivity contribution in [2.75, 3.05) is 24.7 Å². The molecule has 2 aromatic heterocycles. The van der Waals surface area contributed by atoms with Crippen LogP contribution in [0.5, 0.6) is 5.75 Å². The summed E-state index contributed by atoms with van der Waals surface area (Å²) in [6.07, 6.45) is 9.96. The van der Waals surface area contributed by atoms with Gasteiger partial charge in [-0.25, -0.2) is 4.98 Å². The number of amides is 1. The van der Waals surface area contributed by atoms with E-state index in [2.05, 4.69) is 25.4 Å². The van der Waals surface area contributed by atoms with Gasteiger partial charge in [0.2, 0.25) is 11.0 Å². The van der Waals surface area contributed by atoms with Crippen molar-refractivity contribution < 1.29 is 19.1 Å². The lowest BCUT2D eigenvalue weighted by Crippen LogP contribution is -2.27. The Morgan fingerprint density at radius 1 is 0.792 bits per heavy atom. The number of rotatable bonds is 20. The first-order chi connectivity index (χ1) is 23.4. The number of benzene rings is 2. The normalized spacial score (nSPS) is 12.2. The number of hydrogen-bond donors (Lipinski definition) is 0. The molecule has 256 valence electrons. The second-order valence-electron chi connectivity index (χ2n) is 11.6. The molecule has 0 spiro atoms. The van der Waals surface area contributed by atoms with Gasteiger partial charge in [-0.1, -0.05) is 75.0 Å². The molecule has 2 heterocycles. The molecule has 4 rings (SSSR count). The summed E-state index contributed by atoms with van der Waals surface area (Å²) in [4.78, 5) is 30.5. The van der Waals surface area contributed by atoms with Crippen molar-refractivity contribution in [3.8, 4) is 5.75 Å². The van der Waals surface area contributed by atoms with Gasteiger partial charge in [0.1, 0.15) is 15.6 Å². The van der Waals surface area contributed by atoms with E-state index in [-0.39, 0.29) is 17.8 Å². The Bertz CT molecular complexity index is 1600. The van der Waals surface area contributed by atoms with Crippen LogP contribution < -0.4 is 9.64 Å². The van der Waals surface area contributed by atoms with Gasteiger partial charge in [-0.15, -0.1) is 20.5 Å². The molecule has 12 heteroatoms. The lowest BCUT2D eigenvalue weighted by Gasteiger charge is -2.18. The van der Waals surface area contributed by atoms with Gasteiger partial charge >= 0.3 is 5.97 Å². The highest BCUT2D eigenvalue weighted by atomic mass is 32.1.